The van der Waals surface area contributed by atoms with Gasteiger partial charge in [-0.2, -0.15) is 0 Å². The summed E-state index contributed by atoms with van der Waals surface area (Å²) < 4.78 is 0. The fourth-order valence-electron chi connectivity index (χ4n) is 1.37. The topological polar surface area (TPSA) is 118 Å². The Kier molecular flexibility index (Phi) is 5.95. The molecule has 0 bridgehead atoms. The van der Waals surface area contributed by atoms with Crippen molar-refractivity contribution in [2.45, 2.75) is 18.9 Å². The van der Waals surface area contributed by atoms with E-state index in [9.17, 15) is 19.2 Å². The Morgan fingerprint density at radius 1 is 1.35 bits per heavy atom. The molecule has 1 rings (SSSR count). The zero-order valence-corrected chi connectivity index (χ0v) is 10.8. The molecule has 1 heterocycles. The van der Waals surface area contributed by atoms with Crippen molar-refractivity contribution >= 4 is 23.9 Å². The maximum absolute atomic E-state index is 11.7. The number of amides is 2. The number of aromatic nitrogens is 2. The van der Waals surface area contributed by atoms with Crippen molar-refractivity contribution in [3.05, 3.63) is 24.3 Å². The smallest absolute Gasteiger partial charge is 0.287 e. The van der Waals surface area contributed by atoms with E-state index < -0.39 is 23.6 Å². The van der Waals surface area contributed by atoms with Gasteiger partial charge in [-0.05, 0) is 6.42 Å². The van der Waals surface area contributed by atoms with Crippen LogP contribution in [0.3, 0.4) is 0 Å². The average Bonchev–Trinajstić information content (AvgIpc) is 2.50. The van der Waals surface area contributed by atoms with E-state index in [0.29, 0.717) is 6.29 Å². The molecule has 1 aromatic rings. The van der Waals surface area contributed by atoms with Gasteiger partial charge in [-0.1, -0.05) is 0 Å². The van der Waals surface area contributed by atoms with Crippen LogP contribution in [0.5, 0.6) is 0 Å². The highest BCUT2D eigenvalue weighted by molar-refractivity contribution is 6.36. The summed E-state index contributed by atoms with van der Waals surface area (Å²) in [6.07, 6.45) is 4.43. The summed E-state index contributed by atoms with van der Waals surface area (Å²) in [5, 5.41) is 4.59. The maximum Gasteiger partial charge on any atom is 0.287 e. The van der Waals surface area contributed by atoms with Crippen LogP contribution in [0.15, 0.2) is 18.6 Å². The Balaban J connectivity index is 2.52. The summed E-state index contributed by atoms with van der Waals surface area (Å²) in [6, 6.07) is -0.863. The third-order valence-corrected chi connectivity index (χ3v) is 2.44. The summed E-state index contributed by atoms with van der Waals surface area (Å²) in [6.45, 7) is 0. The van der Waals surface area contributed by atoms with Gasteiger partial charge in [0.1, 0.15) is 12.0 Å². The lowest BCUT2D eigenvalue weighted by atomic mass is 10.1. The third-order valence-electron chi connectivity index (χ3n) is 2.44. The number of ketones is 1. The lowest BCUT2D eigenvalue weighted by molar-refractivity contribution is -0.137. The van der Waals surface area contributed by atoms with Crippen LogP contribution < -0.4 is 10.6 Å². The van der Waals surface area contributed by atoms with E-state index in [-0.39, 0.29) is 18.5 Å². The van der Waals surface area contributed by atoms with Crippen molar-refractivity contribution in [3.63, 3.8) is 0 Å². The number of hydrogen-bond acceptors (Lipinski definition) is 6. The minimum Gasteiger partial charge on any atom is -0.353 e. The largest absolute Gasteiger partial charge is 0.353 e. The Labute approximate surface area is 115 Å². The lowest BCUT2D eigenvalue weighted by Gasteiger charge is -2.11. The molecular formula is C12H14N4O4. The van der Waals surface area contributed by atoms with E-state index in [4.69, 9.17) is 0 Å². The number of nitrogens with one attached hydrogen (secondary N) is 2. The molecule has 0 aliphatic carbocycles. The van der Waals surface area contributed by atoms with Gasteiger partial charge in [-0.25, -0.2) is 4.98 Å². The Morgan fingerprint density at radius 2 is 2.10 bits per heavy atom. The summed E-state index contributed by atoms with van der Waals surface area (Å²) in [5.41, 5.74) is 0.0666. The second kappa shape index (κ2) is 7.72. The van der Waals surface area contributed by atoms with Gasteiger partial charge in [-0.15, -0.1) is 0 Å². The fraction of sp³-hybridized carbons (Fsp3) is 0.333. The normalized spacial score (nSPS) is 11.2. The third kappa shape index (κ3) is 4.56. The first-order valence-electron chi connectivity index (χ1n) is 5.85. The van der Waals surface area contributed by atoms with Crippen molar-refractivity contribution in [1.82, 2.24) is 20.6 Å². The van der Waals surface area contributed by atoms with Gasteiger partial charge in [-0.3, -0.25) is 19.4 Å². The summed E-state index contributed by atoms with van der Waals surface area (Å²) >= 11 is 0. The van der Waals surface area contributed by atoms with Gasteiger partial charge in [0, 0.05) is 25.9 Å². The molecule has 0 aromatic carbocycles. The van der Waals surface area contributed by atoms with Gasteiger partial charge in [0.15, 0.2) is 0 Å². The molecule has 1 aromatic heterocycles. The van der Waals surface area contributed by atoms with Gasteiger partial charge in [0.05, 0.1) is 12.2 Å². The molecule has 106 valence electrons. The molecule has 8 heteroatoms. The second-order valence-corrected chi connectivity index (χ2v) is 3.85. The van der Waals surface area contributed by atoms with Crippen LogP contribution in [-0.2, 0) is 14.4 Å². The summed E-state index contributed by atoms with van der Waals surface area (Å²) in [5.74, 6) is -1.94. The quantitative estimate of drug-likeness (QED) is 0.481. The first-order chi connectivity index (χ1) is 9.58. The van der Waals surface area contributed by atoms with E-state index in [1.54, 1.807) is 0 Å². The molecule has 0 spiro atoms. The van der Waals surface area contributed by atoms with Gasteiger partial charge >= 0.3 is 0 Å². The molecule has 0 fully saturated rings. The predicted molar refractivity (Wildman–Crippen MR) is 67.7 cm³/mol. The molecule has 0 aliphatic rings. The Hall–Kier alpha value is -2.64. The number of carbonyl (C=O) groups excluding carboxylic acids is 4. The number of carbonyl (C=O) groups is 4. The standard InChI is InChI=1S/C12H14N4O4/c1-13-12(20)10(18)3-2-8(7-17)16-11(19)9-6-14-4-5-15-9/h4-8H,2-3H2,1H3,(H,13,20)(H,16,19). The molecule has 1 atom stereocenters. The molecule has 0 aliphatic heterocycles. The van der Waals surface area contributed by atoms with E-state index in [2.05, 4.69) is 20.6 Å². The van der Waals surface area contributed by atoms with Crippen molar-refractivity contribution < 1.29 is 19.2 Å². The molecular weight excluding hydrogens is 264 g/mol. The van der Waals surface area contributed by atoms with Crippen LogP contribution in [-0.4, -0.2) is 46.9 Å². The number of Topliss-reactive ketones (excluding diaryl/α,β-unsaturated/α-hetero) is 1. The number of hydrogen-bond donors (Lipinski definition) is 2. The zero-order valence-electron chi connectivity index (χ0n) is 10.8. The van der Waals surface area contributed by atoms with E-state index in [1.807, 2.05) is 0 Å². The summed E-state index contributed by atoms with van der Waals surface area (Å²) in [7, 11) is 1.34. The van der Waals surface area contributed by atoms with Crippen molar-refractivity contribution in [2.75, 3.05) is 7.05 Å². The first-order valence-corrected chi connectivity index (χ1v) is 5.85. The van der Waals surface area contributed by atoms with E-state index in [1.165, 1.54) is 25.6 Å². The maximum atomic E-state index is 11.7. The zero-order chi connectivity index (χ0) is 15.0. The number of likely N-dealkylation sites (N-methyl/N-ethyl adjacent to an activating group) is 1. The number of rotatable bonds is 7. The van der Waals surface area contributed by atoms with Crippen LogP contribution in [0.4, 0.5) is 0 Å². The highest BCUT2D eigenvalue weighted by Crippen LogP contribution is 1.99. The van der Waals surface area contributed by atoms with Gasteiger partial charge in [0.2, 0.25) is 5.78 Å². The molecule has 0 radical (unpaired) electrons. The highest BCUT2D eigenvalue weighted by Gasteiger charge is 2.18. The SMILES string of the molecule is CNC(=O)C(=O)CCC(C=O)NC(=O)c1cnccn1. The molecule has 1 unspecified atom stereocenters. The minimum absolute atomic E-state index is 0.0434. The van der Waals surface area contributed by atoms with E-state index >= 15 is 0 Å². The first kappa shape index (κ1) is 15.4. The molecule has 0 saturated carbocycles. The monoisotopic (exact) mass is 278 g/mol. The van der Waals surface area contributed by atoms with Crippen molar-refractivity contribution in [3.8, 4) is 0 Å². The molecule has 0 saturated heterocycles. The molecule has 2 N–H and O–H groups in total. The lowest BCUT2D eigenvalue weighted by Crippen LogP contribution is -2.37. The van der Waals surface area contributed by atoms with Crippen molar-refractivity contribution in [2.24, 2.45) is 0 Å². The van der Waals surface area contributed by atoms with Gasteiger partial charge < -0.3 is 15.4 Å². The minimum atomic E-state index is -0.863. The van der Waals surface area contributed by atoms with Crippen LogP contribution in [0.25, 0.3) is 0 Å². The summed E-state index contributed by atoms with van der Waals surface area (Å²) in [4.78, 5) is 52.4. The molecule has 8 nitrogen and oxygen atoms in total. The van der Waals surface area contributed by atoms with E-state index in [0.717, 1.165) is 0 Å². The molecule has 2 amide bonds. The fourth-order valence-corrected chi connectivity index (χ4v) is 1.37. The van der Waals surface area contributed by atoms with Crippen LogP contribution in [0.2, 0.25) is 0 Å². The van der Waals surface area contributed by atoms with Crippen molar-refractivity contribution in [1.29, 1.82) is 0 Å². The number of nitrogens with zero attached hydrogens (tertiary/aromatic N) is 2. The average molecular weight is 278 g/mol. The van der Waals surface area contributed by atoms with Crippen LogP contribution in [0.1, 0.15) is 23.3 Å². The van der Waals surface area contributed by atoms with Crippen LogP contribution >= 0.6 is 0 Å². The second-order valence-electron chi connectivity index (χ2n) is 3.85. The predicted octanol–water partition coefficient (Wildman–Crippen LogP) is -1.13. The number of aldehydes is 1. The molecule has 20 heavy (non-hydrogen) atoms. The Morgan fingerprint density at radius 3 is 2.65 bits per heavy atom. The van der Waals surface area contributed by atoms with Crippen LogP contribution in [0, 0.1) is 0 Å². The highest BCUT2D eigenvalue weighted by atomic mass is 16.2. The Bertz CT molecular complexity index is 503. The van der Waals surface area contributed by atoms with Gasteiger partial charge in [0.25, 0.3) is 11.8 Å².